The fourth-order valence-corrected chi connectivity index (χ4v) is 2.58. The normalized spacial score (nSPS) is 27.2. The van der Waals surface area contributed by atoms with E-state index in [9.17, 15) is 13.9 Å². The summed E-state index contributed by atoms with van der Waals surface area (Å²) in [7, 11) is 0. The third kappa shape index (κ3) is 2.27. The molecule has 0 aromatic heterocycles. The SMILES string of the molecule is Cc1ccc(C2(O)CCOC(C)(C)C2)c(F)c1F. The van der Waals surface area contributed by atoms with Crippen LogP contribution in [0.25, 0.3) is 0 Å². The lowest BCUT2D eigenvalue weighted by Crippen LogP contribution is -2.44. The molecule has 1 fully saturated rings. The van der Waals surface area contributed by atoms with Gasteiger partial charge >= 0.3 is 0 Å². The van der Waals surface area contributed by atoms with Gasteiger partial charge in [0.25, 0.3) is 0 Å². The second kappa shape index (κ2) is 4.28. The van der Waals surface area contributed by atoms with Gasteiger partial charge in [-0.2, -0.15) is 0 Å². The van der Waals surface area contributed by atoms with E-state index in [1.807, 2.05) is 13.8 Å². The largest absolute Gasteiger partial charge is 0.385 e. The first-order valence-electron chi connectivity index (χ1n) is 6.07. The molecule has 2 rings (SSSR count). The first kappa shape index (κ1) is 13.4. The Hall–Kier alpha value is -1.00. The van der Waals surface area contributed by atoms with Crippen LogP contribution in [0.1, 0.15) is 37.8 Å². The lowest BCUT2D eigenvalue weighted by atomic mass is 9.79. The van der Waals surface area contributed by atoms with Crippen molar-refractivity contribution in [3.8, 4) is 0 Å². The van der Waals surface area contributed by atoms with Gasteiger partial charge in [-0.05, 0) is 26.3 Å². The lowest BCUT2D eigenvalue weighted by Gasteiger charge is -2.41. The highest BCUT2D eigenvalue weighted by Crippen LogP contribution is 2.40. The summed E-state index contributed by atoms with van der Waals surface area (Å²) in [6, 6.07) is 2.96. The van der Waals surface area contributed by atoms with E-state index < -0.39 is 22.8 Å². The van der Waals surface area contributed by atoms with E-state index in [2.05, 4.69) is 0 Å². The highest BCUT2D eigenvalue weighted by Gasteiger charge is 2.42. The van der Waals surface area contributed by atoms with Crippen molar-refractivity contribution in [3.63, 3.8) is 0 Å². The van der Waals surface area contributed by atoms with Crippen molar-refractivity contribution in [1.82, 2.24) is 0 Å². The molecular weight excluding hydrogens is 238 g/mol. The van der Waals surface area contributed by atoms with Gasteiger partial charge in [0.05, 0.1) is 17.8 Å². The minimum Gasteiger partial charge on any atom is -0.385 e. The summed E-state index contributed by atoms with van der Waals surface area (Å²) < 4.78 is 33.1. The number of aryl methyl sites for hydroxylation is 1. The summed E-state index contributed by atoms with van der Waals surface area (Å²) in [4.78, 5) is 0. The molecule has 1 unspecified atom stereocenters. The maximum absolute atomic E-state index is 14.0. The number of ether oxygens (including phenoxy) is 1. The number of benzene rings is 1. The Labute approximate surface area is 106 Å². The van der Waals surface area contributed by atoms with Crippen molar-refractivity contribution in [3.05, 3.63) is 34.9 Å². The molecule has 1 aliphatic heterocycles. The molecule has 1 saturated heterocycles. The molecule has 1 aromatic rings. The molecule has 0 saturated carbocycles. The maximum Gasteiger partial charge on any atom is 0.165 e. The molecule has 1 aliphatic rings. The van der Waals surface area contributed by atoms with Gasteiger partial charge < -0.3 is 9.84 Å². The smallest absolute Gasteiger partial charge is 0.165 e. The van der Waals surface area contributed by atoms with Crippen LogP contribution in [0.15, 0.2) is 12.1 Å². The van der Waals surface area contributed by atoms with Crippen LogP contribution >= 0.6 is 0 Å². The van der Waals surface area contributed by atoms with Crippen molar-refractivity contribution >= 4 is 0 Å². The van der Waals surface area contributed by atoms with Crippen LogP contribution in [0, 0.1) is 18.6 Å². The average Bonchev–Trinajstić information content (AvgIpc) is 2.23. The first-order valence-corrected chi connectivity index (χ1v) is 6.07. The zero-order valence-electron chi connectivity index (χ0n) is 10.9. The van der Waals surface area contributed by atoms with Gasteiger partial charge in [0.2, 0.25) is 0 Å². The van der Waals surface area contributed by atoms with Gasteiger partial charge in [-0.1, -0.05) is 12.1 Å². The maximum atomic E-state index is 14.0. The number of hydrogen-bond donors (Lipinski definition) is 1. The highest BCUT2D eigenvalue weighted by atomic mass is 19.2. The first-order chi connectivity index (χ1) is 8.25. The molecule has 0 amide bonds. The van der Waals surface area contributed by atoms with Crippen LogP contribution in [0.5, 0.6) is 0 Å². The van der Waals surface area contributed by atoms with Crippen molar-refractivity contribution in [2.45, 2.75) is 44.8 Å². The minimum atomic E-state index is -1.36. The van der Waals surface area contributed by atoms with Gasteiger partial charge in [-0.25, -0.2) is 8.78 Å². The van der Waals surface area contributed by atoms with Gasteiger partial charge in [-0.15, -0.1) is 0 Å². The fraction of sp³-hybridized carbons (Fsp3) is 0.571. The monoisotopic (exact) mass is 256 g/mol. The molecule has 0 bridgehead atoms. The summed E-state index contributed by atoms with van der Waals surface area (Å²) in [5.74, 6) is -1.83. The Balaban J connectivity index is 2.44. The van der Waals surface area contributed by atoms with Crippen molar-refractivity contribution in [1.29, 1.82) is 0 Å². The molecule has 100 valence electrons. The second-order valence-corrected chi connectivity index (χ2v) is 5.62. The molecular formula is C14H18F2O2. The van der Waals surface area contributed by atoms with E-state index in [1.54, 1.807) is 0 Å². The van der Waals surface area contributed by atoms with Gasteiger partial charge in [-0.3, -0.25) is 0 Å². The van der Waals surface area contributed by atoms with Crippen LogP contribution in [0.3, 0.4) is 0 Å². The highest BCUT2D eigenvalue weighted by molar-refractivity contribution is 5.30. The summed E-state index contributed by atoms with van der Waals surface area (Å²) >= 11 is 0. The molecule has 4 heteroatoms. The van der Waals surface area contributed by atoms with E-state index >= 15 is 0 Å². The quantitative estimate of drug-likeness (QED) is 0.836. The molecule has 1 aromatic carbocycles. The Bertz CT molecular complexity index is 471. The number of aliphatic hydroxyl groups is 1. The minimum absolute atomic E-state index is 0.0296. The van der Waals surface area contributed by atoms with Crippen molar-refractivity contribution < 1.29 is 18.6 Å². The Morgan fingerprint density at radius 1 is 1.22 bits per heavy atom. The van der Waals surface area contributed by atoms with Crippen LogP contribution < -0.4 is 0 Å². The van der Waals surface area contributed by atoms with Crippen LogP contribution in [0.2, 0.25) is 0 Å². The fourth-order valence-electron chi connectivity index (χ4n) is 2.58. The van der Waals surface area contributed by atoms with Crippen LogP contribution in [-0.2, 0) is 10.3 Å². The van der Waals surface area contributed by atoms with E-state index in [1.165, 1.54) is 19.1 Å². The molecule has 0 aliphatic carbocycles. The Morgan fingerprint density at radius 2 is 1.89 bits per heavy atom. The summed E-state index contributed by atoms with van der Waals surface area (Å²) in [6.45, 7) is 5.50. The van der Waals surface area contributed by atoms with Crippen molar-refractivity contribution in [2.75, 3.05) is 6.61 Å². The third-order valence-corrected chi connectivity index (χ3v) is 3.50. The van der Waals surface area contributed by atoms with E-state index in [4.69, 9.17) is 4.74 Å². The lowest BCUT2D eigenvalue weighted by molar-refractivity contribution is -0.149. The molecule has 1 N–H and O–H groups in total. The predicted octanol–water partition coefficient (Wildman–Crippen LogP) is 3.05. The molecule has 1 heterocycles. The number of halogens is 2. The Kier molecular flexibility index (Phi) is 3.19. The Morgan fingerprint density at radius 3 is 2.50 bits per heavy atom. The average molecular weight is 256 g/mol. The molecule has 2 nitrogen and oxygen atoms in total. The van der Waals surface area contributed by atoms with Crippen LogP contribution in [0.4, 0.5) is 8.78 Å². The molecule has 0 radical (unpaired) electrons. The standard InChI is InChI=1S/C14H18F2O2/c1-9-4-5-10(12(16)11(9)15)14(17)6-7-18-13(2,3)8-14/h4-5,17H,6-8H2,1-3H3. The molecule has 18 heavy (non-hydrogen) atoms. The topological polar surface area (TPSA) is 29.5 Å². The summed E-state index contributed by atoms with van der Waals surface area (Å²) in [6.07, 6.45) is 0.523. The molecule has 1 atom stereocenters. The van der Waals surface area contributed by atoms with Gasteiger partial charge in [0.15, 0.2) is 11.6 Å². The number of rotatable bonds is 1. The number of hydrogen-bond acceptors (Lipinski definition) is 2. The van der Waals surface area contributed by atoms with Crippen molar-refractivity contribution in [2.24, 2.45) is 0 Å². The van der Waals surface area contributed by atoms with Gasteiger partial charge in [0.1, 0.15) is 0 Å². The zero-order chi connectivity index (χ0) is 13.6. The van der Waals surface area contributed by atoms with E-state index in [0.29, 0.717) is 6.61 Å². The summed E-state index contributed by atoms with van der Waals surface area (Å²) in [5.41, 5.74) is -1.63. The second-order valence-electron chi connectivity index (χ2n) is 5.62. The summed E-state index contributed by atoms with van der Waals surface area (Å²) in [5, 5.41) is 10.6. The molecule has 0 spiro atoms. The van der Waals surface area contributed by atoms with Crippen LogP contribution in [-0.4, -0.2) is 17.3 Å². The van der Waals surface area contributed by atoms with Gasteiger partial charge in [0, 0.05) is 18.4 Å². The zero-order valence-corrected chi connectivity index (χ0v) is 10.9. The third-order valence-electron chi connectivity index (χ3n) is 3.50. The van der Waals surface area contributed by atoms with E-state index in [0.717, 1.165) is 0 Å². The van der Waals surface area contributed by atoms with E-state index in [-0.39, 0.29) is 24.0 Å². The predicted molar refractivity (Wildman–Crippen MR) is 64.3 cm³/mol.